The molecule has 90 valence electrons. The maximum absolute atomic E-state index is 11.7. The van der Waals surface area contributed by atoms with Crippen LogP contribution in [0, 0.1) is 23.7 Å². The number of hydrogen-bond donors (Lipinski definition) is 2. The van der Waals surface area contributed by atoms with Gasteiger partial charge in [0.25, 0.3) is 0 Å². The summed E-state index contributed by atoms with van der Waals surface area (Å²) in [7, 11) is 0. The Morgan fingerprint density at radius 2 is 2.06 bits per heavy atom. The van der Waals surface area contributed by atoms with Crippen molar-refractivity contribution < 1.29 is 4.79 Å². The molecule has 0 radical (unpaired) electrons. The first-order chi connectivity index (χ1) is 7.74. The van der Waals surface area contributed by atoms with Crippen molar-refractivity contribution in [3.63, 3.8) is 0 Å². The Kier molecular flexibility index (Phi) is 2.66. The van der Waals surface area contributed by atoms with E-state index >= 15 is 0 Å². The molecule has 3 aliphatic carbocycles. The van der Waals surface area contributed by atoms with E-state index in [1.54, 1.807) is 0 Å². The van der Waals surface area contributed by atoms with Crippen LogP contribution in [0.15, 0.2) is 0 Å². The third-order valence-electron chi connectivity index (χ3n) is 5.01. The summed E-state index contributed by atoms with van der Waals surface area (Å²) in [6.07, 6.45) is 7.21. The highest BCUT2D eigenvalue weighted by atomic mass is 16.1. The SMILES string of the molecule is NC1CC2CC(CNC(=O)C3CCC3)CC12. The lowest BCUT2D eigenvalue weighted by Crippen LogP contribution is -2.44. The van der Waals surface area contributed by atoms with E-state index in [0.29, 0.717) is 23.8 Å². The smallest absolute Gasteiger partial charge is 0.223 e. The van der Waals surface area contributed by atoms with Crippen LogP contribution in [0.1, 0.15) is 38.5 Å². The fourth-order valence-electron chi connectivity index (χ4n) is 3.63. The van der Waals surface area contributed by atoms with Gasteiger partial charge in [-0.15, -0.1) is 0 Å². The Morgan fingerprint density at radius 3 is 2.62 bits per heavy atom. The average Bonchev–Trinajstić information content (AvgIpc) is 2.49. The molecule has 3 saturated carbocycles. The van der Waals surface area contributed by atoms with Gasteiger partial charge in [-0.2, -0.15) is 0 Å². The molecule has 0 bridgehead atoms. The Bertz CT molecular complexity index is 288. The van der Waals surface area contributed by atoms with Gasteiger partial charge in [-0.25, -0.2) is 0 Å². The summed E-state index contributed by atoms with van der Waals surface area (Å²) in [6.45, 7) is 0.898. The van der Waals surface area contributed by atoms with Gasteiger partial charge in [0.15, 0.2) is 0 Å². The molecule has 3 aliphatic rings. The molecule has 0 aromatic rings. The molecule has 4 atom stereocenters. The van der Waals surface area contributed by atoms with Crippen molar-refractivity contribution in [3.8, 4) is 0 Å². The van der Waals surface area contributed by atoms with Gasteiger partial charge in [-0.05, 0) is 49.9 Å². The van der Waals surface area contributed by atoms with Crippen LogP contribution < -0.4 is 11.1 Å². The number of fused-ring (bicyclic) bond motifs is 1. The molecule has 3 nitrogen and oxygen atoms in total. The van der Waals surface area contributed by atoms with Gasteiger partial charge in [0.2, 0.25) is 5.91 Å². The number of amides is 1. The molecule has 0 heterocycles. The third-order valence-corrected chi connectivity index (χ3v) is 5.01. The van der Waals surface area contributed by atoms with E-state index in [-0.39, 0.29) is 0 Å². The van der Waals surface area contributed by atoms with Crippen LogP contribution in [0.3, 0.4) is 0 Å². The lowest BCUT2D eigenvalue weighted by Gasteiger charge is -2.37. The summed E-state index contributed by atoms with van der Waals surface area (Å²) in [6, 6.07) is 0.456. The Balaban J connectivity index is 1.41. The van der Waals surface area contributed by atoms with E-state index in [4.69, 9.17) is 5.73 Å². The fraction of sp³-hybridized carbons (Fsp3) is 0.923. The summed E-state index contributed by atoms with van der Waals surface area (Å²) < 4.78 is 0. The predicted molar refractivity (Wildman–Crippen MR) is 62.6 cm³/mol. The van der Waals surface area contributed by atoms with Crippen molar-refractivity contribution >= 4 is 5.91 Å². The molecule has 0 aromatic carbocycles. The summed E-state index contributed by atoms with van der Waals surface area (Å²) in [5, 5.41) is 3.13. The van der Waals surface area contributed by atoms with Crippen LogP contribution in [0.5, 0.6) is 0 Å². The zero-order chi connectivity index (χ0) is 11.1. The summed E-state index contributed by atoms with van der Waals surface area (Å²) in [5.74, 6) is 2.98. The van der Waals surface area contributed by atoms with Crippen molar-refractivity contribution in [2.24, 2.45) is 29.4 Å². The van der Waals surface area contributed by atoms with E-state index in [9.17, 15) is 4.79 Å². The first-order valence-corrected chi connectivity index (χ1v) is 6.77. The van der Waals surface area contributed by atoms with Crippen LogP contribution in [0.4, 0.5) is 0 Å². The van der Waals surface area contributed by atoms with Crippen molar-refractivity contribution in [1.82, 2.24) is 5.32 Å². The number of carbonyl (C=O) groups excluding carboxylic acids is 1. The molecule has 3 heteroatoms. The highest BCUT2D eigenvalue weighted by Gasteiger charge is 2.45. The molecule has 3 N–H and O–H groups in total. The van der Waals surface area contributed by atoms with Gasteiger partial charge in [-0.1, -0.05) is 6.42 Å². The molecular formula is C13H22N2O. The van der Waals surface area contributed by atoms with Crippen molar-refractivity contribution in [1.29, 1.82) is 0 Å². The zero-order valence-electron chi connectivity index (χ0n) is 9.82. The van der Waals surface area contributed by atoms with E-state index in [1.807, 2.05) is 0 Å². The van der Waals surface area contributed by atoms with Gasteiger partial charge >= 0.3 is 0 Å². The maximum atomic E-state index is 11.7. The number of nitrogens with two attached hydrogens (primary N) is 1. The zero-order valence-corrected chi connectivity index (χ0v) is 9.82. The largest absolute Gasteiger partial charge is 0.356 e. The second-order valence-corrected chi connectivity index (χ2v) is 6.03. The second kappa shape index (κ2) is 4.02. The van der Waals surface area contributed by atoms with Crippen LogP contribution in [0.2, 0.25) is 0 Å². The maximum Gasteiger partial charge on any atom is 0.223 e. The fourth-order valence-corrected chi connectivity index (χ4v) is 3.63. The van der Waals surface area contributed by atoms with E-state index in [1.165, 1.54) is 25.7 Å². The Hall–Kier alpha value is -0.570. The van der Waals surface area contributed by atoms with E-state index < -0.39 is 0 Å². The molecule has 0 aliphatic heterocycles. The highest BCUT2D eigenvalue weighted by Crippen LogP contribution is 2.48. The van der Waals surface area contributed by atoms with Gasteiger partial charge < -0.3 is 11.1 Å². The van der Waals surface area contributed by atoms with Gasteiger partial charge in [0.05, 0.1) is 0 Å². The van der Waals surface area contributed by atoms with Crippen molar-refractivity contribution in [2.45, 2.75) is 44.6 Å². The average molecular weight is 222 g/mol. The van der Waals surface area contributed by atoms with Gasteiger partial charge in [0, 0.05) is 18.5 Å². The molecular weight excluding hydrogens is 200 g/mol. The molecule has 0 aromatic heterocycles. The minimum Gasteiger partial charge on any atom is -0.356 e. The van der Waals surface area contributed by atoms with E-state index in [2.05, 4.69) is 5.32 Å². The number of hydrogen-bond acceptors (Lipinski definition) is 2. The Morgan fingerprint density at radius 1 is 1.25 bits per heavy atom. The second-order valence-electron chi connectivity index (χ2n) is 6.03. The monoisotopic (exact) mass is 222 g/mol. The van der Waals surface area contributed by atoms with Crippen molar-refractivity contribution in [2.75, 3.05) is 6.54 Å². The standard InChI is InChI=1S/C13H22N2O/c14-12-6-10-4-8(5-11(10)12)7-15-13(16)9-2-1-3-9/h8-12H,1-7,14H2,(H,15,16). The molecule has 3 rings (SSSR count). The van der Waals surface area contributed by atoms with Crippen molar-refractivity contribution in [3.05, 3.63) is 0 Å². The van der Waals surface area contributed by atoms with Gasteiger partial charge in [0.1, 0.15) is 0 Å². The molecule has 0 spiro atoms. The summed E-state index contributed by atoms with van der Waals surface area (Å²) in [5.41, 5.74) is 5.97. The molecule has 1 amide bonds. The number of rotatable bonds is 3. The van der Waals surface area contributed by atoms with Crippen LogP contribution in [0.25, 0.3) is 0 Å². The predicted octanol–water partition coefficient (Wildman–Crippen LogP) is 1.28. The number of nitrogens with one attached hydrogen (secondary N) is 1. The van der Waals surface area contributed by atoms with Crippen LogP contribution in [-0.4, -0.2) is 18.5 Å². The van der Waals surface area contributed by atoms with Gasteiger partial charge in [-0.3, -0.25) is 4.79 Å². The van der Waals surface area contributed by atoms with E-state index in [0.717, 1.165) is 31.2 Å². The lowest BCUT2D eigenvalue weighted by molar-refractivity contribution is -0.127. The molecule has 4 unspecified atom stereocenters. The first kappa shape index (κ1) is 10.6. The quantitative estimate of drug-likeness (QED) is 0.755. The molecule has 16 heavy (non-hydrogen) atoms. The molecule has 0 saturated heterocycles. The summed E-state index contributed by atoms with van der Waals surface area (Å²) in [4.78, 5) is 11.7. The topological polar surface area (TPSA) is 55.1 Å². The lowest BCUT2D eigenvalue weighted by atomic mass is 9.72. The van der Waals surface area contributed by atoms with Crippen LogP contribution in [-0.2, 0) is 4.79 Å². The minimum absolute atomic E-state index is 0.301. The Labute approximate surface area is 97.2 Å². The highest BCUT2D eigenvalue weighted by molar-refractivity contribution is 5.79. The number of carbonyl (C=O) groups is 1. The third kappa shape index (κ3) is 1.75. The normalized spacial score (nSPS) is 42.1. The summed E-state index contributed by atoms with van der Waals surface area (Å²) >= 11 is 0. The van der Waals surface area contributed by atoms with Crippen LogP contribution >= 0.6 is 0 Å². The minimum atomic E-state index is 0.301. The first-order valence-electron chi connectivity index (χ1n) is 6.77. The molecule has 3 fully saturated rings.